The van der Waals surface area contributed by atoms with E-state index in [1.54, 1.807) is 20.8 Å². The molecule has 0 saturated carbocycles. The largest absolute Gasteiger partial charge is 0.408 e. The van der Waals surface area contributed by atoms with E-state index in [4.69, 9.17) is 0 Å². The third-order valence-corrected chi connectivity index (χ3v) is 2.38. The molecule has 0 aromatic heterocycles. The molecule has 0 saturated heterocycles. The lowest BCUT2D eigenvalue weighted by molar-refractivity contribution is -0.167. The van der Waals surface area contributed by atoms with Gasteiger partial charge in [-0.2, -0.15) is 13.2 Å². The standard InChI is InChI=1S/C13H21F3N2O2/c1-5-10(19)17-7-6-11(20)18-9(13(14,15)16)8-12(2,3)4/h5,9H,1,6-8H2,2-4H3,(H,17,19)(H,18,20). The van der Waals surface area contributed by atoms with Crippen LogP contribution in [0.15, 0.2) is 12.7 Å². The molecule has 0 rings (SSSR count). The van der Waals surface area contributed by atoms with Gasteiger partial charge in [-0.3, -0.25) is 9.59 Å². The number of rotatable bonds is 6. The number of alkyl halides is 3. The summed E-state index contributed by atoms with van der Waals surface area (Å²) in [6, 6.07) is -1.88. The highest BCUT2D eigenvalue weighted by atomic mass is 19.4. The first-order valence-electron chi connectivity index (χ1n) is 6.22. The summed E-state index contributed by atoms with van der Waals surface area (Å²) in [7, 11) is 0. The van der Waals surface area contributed by atoms with Crippen molar-refractivity contribution in [3.63, 3.8) is 0 Å². The average Bonchev–Trinajstić information content (AvgIpc) is 2.24. The van der Waals surface area contributed by atoms with E-state index in [0.29, 0.717) is 0 Å². The molecule has 2 amide bonds. The van der Waals surface area contributed by atoms with Gasteiger partial charge in [0.15, 0.2) is 0 Å². The predicted molar refractivity (Wildman–Crippen MR) is 69.9 cm³/mol. The van der Waals surface area contributed by atoms with E-state index in [0.717, 1.165) is 6.08 Å². The van der Waals surface area contributed by atoms with Crippen molar-refractivity contribution < 1.29 is 22.8 Å². The molecule has 0 aliphatic heterocycles. The maximum absolute atomic E-state index is 12.8. The van der Waals surface area contributed by atoms with E-state index in [-0.39, 0.29) is 19.4 Å². The van der Waals surface area contributed by atoms with Crippen LogP contribution in [-0.2, 0) is 9.59 Å². The lowest BCUT2D eigenvalue weighted by Gasteiger charge is -2.28. The topological polar surface area (TPSA) is 58.2 Å². The van der Waals surface area contributed by atoms with Crippen molar-refractivity contribution in [1.82, 2.24) is 10.6 Å². The Morgan fingerprint density at radius 3 is 2.20 bits per heavy atom. The first kappa shape index (κ1) is 18.5. The number of halogens is 3. The smallest absolute Gasteiger partial charge is 0.352 e. The van der Waals surface area contributed by atoms with Crippen LogP contribution in [0.4, 0.5) is 13.2 Å². The molecule has 7 heteroatoms. The Morgan fingerprint density at radius 1 is 1.25 bits per heavy atom. The Balaban J connectivity index is 4.41. The molecule has 1 unspecified atom stereocenters. The number of amides is 2. The number of hydrogen-bond acceptors (Lipinski definition) is 2. The summed E-state index contributed by atoms with van der Waals surface area (Å²) in [6.45, 7) is 8.19. The minimum absolute atomic E-state index is 0.0310. The Labute approximate surface area is 116 Å². The first-order chi connectivity index (χ1) is 8.95. The Kier molecular flexibility index (Phi) is 6.75. The van der Waals surface area contributed by atoms with Gasteiger partial charge in [-0.05, 0) is 17.9 Å². The fraction of sp³-hybridized carbons (Fsp3) is 0.692. The van der Waals surface area contributed by atoms with Crippen molar-refractivity contribution in [1.29, 1.82) is 0 Å². The zero-order valence-corrected chi connectivity index (χ0v) is 11.9. The van der Waals surface area contributed by atoms with E-state index < -0.39 is 29.4 Å². The minimum atomic E-state index is -4.49. The Bertz CT molecular complexity index is 360. The lowest BCUT2D eigenvalue weighted by atomic mass is 9.88. The molecule has 0 fully saturated rings. The zero-order valence-electron chi connectivity index (χ0n) is 11.9. The molecule has 4 nitrogen and oxygen atoms in total. The predicted octanol–water partition coefficient (Wildman–Crippen LogP) is 2.16. The van der Waals surface area contributed by atoms with Crippen LogP contribution in [0.5, 0.6) is 0 Å². The van der Waals surface area contributed by atoms with Crippen molar-refractivity contribution in [2.24, 2.45) is 5.41 Å². The van der Waals surface area contributed by atoms with Gasteiger partial charge in [0, 0.05) is 13.0 Å². The third-order valence-electron chi connectivity index (χ3n) is 2.38. The molecule has 0 aromatic rings. The fourth-order valence-corrected chi connectivity index (χ4v) is 1.50. The molecule has 0 radical (unpaired) electrons. The highest BCUT2D eigenvalue weighted by molar-refractivity contribution is 5.87. The summed E-state index contributed by atoms with van der Waals surface area (Å²) in [5.41, 5.74) is -0.565. The number of hydrogen-bond donors (Lipinski definition) is 2. The van der Waals surface area contributed by atoms with Gasteiger partial charge in [0.1, 0.15) is 6.04 Å². The van der Waals surface area contributed by atoms with Gasteiger partial charge in [-0.1, -0.05) is 27.4 Å². The van der Waals surface area contributed by atoms with E-state index in [1.807, 2.05) is 5.32 Å². The van der Waals surface area contributed by atoms with Gasteiger partial charge < -0.3 is 10.6 Å². The van der Waals surface area contributed by atoms with Gasteiger partial charge in [-0.15, -0.1) is 0 Å². The summed E-state index contributed by atoms with van der Waals surface area (Å²) in [6.07, 6.45) is -3.89. The monoisotopic (exact) mass is 294 g/mol. The normalized spacial score (nSPS) is 13.5. The first-order valence-corrected chi connectivity index (χ1v) is 6.22. The molecule has 0 aromatic carbocycles. The van der Waals surface area contributed by atoms with Crippen molar-refractivity contribution >= 4 is 11.8 Å². The minimum Gasteiger partial charge on any atom is -0.352 e. The number of carbonyl (C=O) groups excluding carboxylic acids is 2. The number of carbonyl (C=O) groups is 2. The molecule has 0 aliphatic carbocycles. The molecule has 2 N–H and O–H groups in total. The van der Waals surface area contributed by atoms with Crippen LogP contribution in [0.2, 0.25) is 0 Å². The van der Waals surface area contributed by atoms with E-state index in [1.165, 1.54) is 0 Å². The van der Waals surface area contributed by atoms with Crippen LogP contribution in [0.3, 0.4) is 0 Å². The SMILES string of the molecule is C=CC(=O)NCCC(=O)NC(CC(C)(C)C)C(F)(F)F. The average molecular weight is 294 g/mol. The molecule has 20 heavy (non-hydrogen) atoms. The second kappa shape index (κ2) is 7.31. The van der Waals surface area contributed by atoms with Crippen LogP contribution >= 0.6 is 0 Å². The summed E-state index contributed by atoms with van der Waals surface area (Å²) >= 11 is 0. The van der Waals surface area contributed by atoms with E-state index >= 15 is 0 Å². The van der Waals surface area contributed by atoms with E-state index in [9.17, 15) is 22.8 Å². The molecule has 116 valence electrons. The second-order valence-corrected chi connectivity index (χ2v) is 5.67. The molecular formula is C13H21F3N2O2. The maximum atomic E-state index is 12.8. The Morgan fingerprint density at radius 2 is 1.80 bits per heavy atom. The van der Waals surface area contributed by atoms with Gasteiger partial charge in [0.25, 0.3) is 0 Å². The van der Waals surface area contributed by atoms with Crippen molar-refractivity contribution in [3.05, 3.63) is 12.7 Å². The molecule has 0 spiro atoms. The van der Waals surface area contributed by atoms with Crippen LogP contribution in [0, 0.1) is 5.41 Å². The van der Waals surface area contributed by atoms with Crippen LogP contribution in [-0.4, -0.2) is 30.6 Å². The lowest BCUT2D eigenvalue weighted by Crippen LogP contribution is -2.47. The van der Waals surface area contributed by atoms with Gasteiger partial charge in [0.2, 0.25) is 11.8 Å². The Hall–Kier alpha value is -1.53. The summed E-state index contributed by atoms with van der Waals surface area (Å²) < 4.78 is 38.5. The molecule has 0 bridgehead atoms. The fourth-order valence-electron chi connectivity index (χ4n) is 1.50. The van der Waals surface area contributed by atoms with E-state index in [2.05, 4.69) is 11.9 Å². The molecular weight excluding hydrogens is 273 g/mol. The van der Waals surface area contributed by atoms with Crippen molar-refractivity contribution in [2.75, 3.05) is 6.54 Å². The third kappa shape index (κ3) is 8.55. The van der Waals surface area contributed by atoms with Crippen molar-refractivity contribution in [3.8, 4) is 0 Å². The van der Waals surface area contributed by atoms with Gasteiger partial charge in [-0.25, -0.2) is 0 Å². The highest BCUT2D eigenvalue weighted by Crippen LogP contribution is 2.30. The summed E-state index contributed by atoms with van der Waals surface area (Å²) in [5, 5.41) is 4.29. The van der Waals surface area contributed by atoms with Gasteiger partial charge in [0.05, 0.1) is 0 Å². The van der Waals surface area contributed by atoms with Gasteiger partial charge >= 0.3 is 6.18 Å². The van der Waals surface area contributed by atoms with Crippen LogP contribution in [0.25, 0.3) is 0 Å². The number of nitrogens with one attached hydrogen (secondary N) is 2. The van der Waals surface area contributed by atoms with Crippen LogP contribution in [0.1, 0.15) is 33.6 Å². The molecule has 0 heterocycles. The molecule has 0 aliphatic rings. The zero-order chi connectivity index (χ0) is 16.0. The highest BCUT2D eigenvalue weighted by Gasteiger charge is 2.42. The van der Waals surface area contributed by atoms with Crippen LogP contribution < -0.4 is 10.6 Å². The maximum Gasteiger partial charge on any atom is 0.408 e. The summed E-state index contributed by atoms with van der Waals surface area (Å²) in [4.78, 5) is 22.3. The van der Waals surface area contributed by atoms with Crippen molar-refractivity contribution in [2.45, 2.75) is 45.8 Å². The second-order valence-electron chi connectivity index (χ2n) is 5.67. The molecule has 1 atom stereocenters. The quantitative estimate of drug-likeness (QED) is 0.738. The summed E-state index contributed by atoms with van der Waals surface area (Å²) in [5.74, 6) is -1.22.